The number of rotatable bonds is 5. The lowest BCUT2D eigenvalue weighted by Crippen LogP contribution is -2.33. The molecule has 0 radical (unpaired) electrons. The van der Waals surface area contributed by atoms with Crippen molar-refractivity contribution < 1.29 is 9.18 Å². The highest BCUT2D eigenvalue weighted by atomic mass is 19.1. The monoisotopic (exact) mass is 289 g/mol. The van der Waals surface area contributed by atoms with E-state index in [1.165, 1.54) is 47.5 Å². The molecule has 0 bridgehead atoms. The first-order chi connectivity index (χ1) is 10.1. The topological polar surface area (TPSA) is 79.2 Å². The molecular formula is C15H16FN3O2. The van der Waals surface area contributed by atoms with E-state index in [-0.39, 0.29) is 17.3 Å². The zero-order valence-electron chi connectivity index (χ0n) is 11.4. The van der Waals surface area contributed by atoms with Crippen LogP contribution in [0.25, 0.3) is 0 Å². The van der Waals surface area contributed by atoms with Gasteiger partial charge >= 0.3 is 0 Å². The Bertz CT molecular complexity index is 647. The lowest BCUT2D eigenvalue weighted by molar-refractivity contribution is 0.0986. The zero-order chi connectivity index (χ0) is 15.2. The average Bonchev–Trinajstić information content (AvgIpc) is 2.50. The van der Waals surface area contributed by atoms with E-state index < -0.39 is 0 Å². The number of amides is 1. The molecule has 1 amide bonds. The standard InChI is InChI=1S/C15H16FN3O2/c16-12-3-5-13(6-4-12)19(9-1-8-17)15(21)11-2-7-14(20)18-10-11/h2-7,10H,1,8-9,17H2,(H,18,20). The molecule has 3 N–H and O–H groups in total. The van der Waals surface area contributed by atoms with E-state index in [9.17, 15) is 14.0 Å². The van der Waals surface area contributed by atoms with E-state index in [0.29, 0.717) is 30.8 Å². The van der Waals surface area contributed by atoms with Gasteiger partial charge in [0, 0.05) is 24.5 Å². The highest BCUT2D eigenvalue weighted by Crippen LogP contribution is 2.17. The van der Waals surface area contributed by atoms with E-state index in [4.69, 9.17) is 5.73 Å². The number of anilines is 1. The van der Waals surface area contributed by atoms with Gasteiger partial charge in [0.25, 0.3) is 5.91 Å². The third-order valence-electron chi connectivity index (χ3n) is 3.00. The molecule has 0 saturated heterocycles. The van der Waals surface area contributed by atoms with Crippen molar-refractivity contribution in [2.75, 3.05) is 18.0 Å². The molecule has 1 aromatic carbocycles. The molecule has 0 aliphatic heterocycles. The van der Waals surface area contributed by atoms with E-state index in [1.54, 1.807) is 0 Å². The predicted molar refractivity (Wildman–Crippen MR) is 78.8 cm³/mol. The molecule has 110 valence electrons. The Balaban J connectivity index is 2.30. The van der Waals surface area contributed by atoms with E-state index in [0.717, 1.165) is 0 Å². The first-order valence-corrected chi connectivity index (χ1v) is 6.58. The van der Waals surface area contributed by atoms with Crippen LogP contribution in [0.2, 0.25) is 0 Å². The molecule has 2 aromatic rings. The number of hydrogen-bond acceptors (Lipinski definition) is 3. The molecule has 0 aliphatic rings. The molecule has 0 atom stereocenters. The van der Waals surface area contributed by atoms with Gasteiger partial charge in [0.15, 0.2) is 0 Å². The van der Waals surface area contributed by atoms with E-state index >= 15 is 0 Å². The molecular weight excluding hydrogens is 273 g/mol. The highest BCUT2D eigenvalue weighted by Gasteiger charge is 2.17. The number of H-pyrrole nitrogens is 1. The second kappa shape index (κ2) is 6.81. The summed E-state index contributed by atoms with van der Waals surface area (Å²) < 4.78 is 13.0. The Morgan fingerprint density at radius 3 is 2.48 bits per heavy atom. The summed E-state index contributed by atoms with van der Waals surface area (Å²) in [6.07, 6.45) is 1.98. The van der Waals surface area contributed by atoms with Crippen LogP contribution in [0.15, 0.2) is 47.4 Å². The van der Waals surface area contributed by atoms with E-state index in [2.05, 4.69) is 4.98 Å². The second-order valence-electron chi connectivity index (χ2n) is 4.52. The van der Waals surface area contributed by atoms with Gasteiger partial charge < -0.3 is 15.6 Å². The van der Waals surface area contributed by atoms with Crippen LogP contribution in [0.3, 0.4) is 0 Å². The van der Waals surface area contributed by atoms with Crippen molar-refractivity contribution in [1.29, 1.82) is 0 Å². The summed E-state index contributed by atoms with van der Waals surface area (Å²) in [4.78, 5) is 27.6. The predicted octanol–water partition coefficient (Wildman–Crippen LogP) is 1.51. The summed E-state index contributed by atoms with van der Waals surface area (Å²) in [7, 11) is 0. The van der Waals surface area contributed by atoms with Crippen molar-refractivity contribution in [2.45, 2.75) is 6.42 Å². The molecule has 21 heavy (non-hydrogen) atoms. The number of benzene rings is 1. The van der Waals surface area contributed by atoms with Crippen LogP contribution in [0, 0.1) is 5.82 Å². The Labute approximate surface area is 121 Å². The molecule has 5 nitrogen and oxygen atoms in total. The fourth-order valence-corrected chi connectivity index (χ4v) is 1.92. The van der Waals surface area contributed by atoms with Crippen molar-refractivity contribution in [3.8, 4) is 0 Å². The Hall–Kier alpha value is -2.47. The number of hydrogen-bond donors (Lipinski definition) is 2. The molecule has 0 aliphatic carbocycles. The van der Waals surface area contributed by atoms with Crippen molar-refractivity contribution >= 4 is 11.6 Å². The summed E-state index contributed by atoms with van der Waals surface area (Å²) in [5.41, 5.74) is 6.16. The highest BCUT2D eigenvalue weighted by molar-refractivity contribution is 6.05. The molecule has 6 heteroatoms. The van der Waals surface area contributed by atoms with Crippen LogP contribution < -0.4 is 16.2 Å². The lowest BCUT2D eigenvalue weighted by Gasteiger charge is -2.22. The molecule has 1 heterocycles. The fraction of sp³-hybridized carbons (Fsp3) is 0.200. The smallest absolute Gasteiger partial charge is 0.259 e. The van der Waals surface area contributed by atoms with Crippen molar-refractivity contribution in [3.05, 3.63) is 64.3 Å². The maximum atomic E-state index is 13.0. The van der Waals surface area contributed by atoms with Crippen LogP contribution in [0.4, 0.5) is 10.1 Å². The van der Waals surface area contributed by atoms with Crippen LogP contribution in [-0.2, 0) is 0 Å². The molecule has 0 unspecified atom stereocenters. The molecule has 0 spiro atoms. The van der Waals surface area contributed by atoms with Gasteiger partial charge in [-0.1, -0.05) is 0 Å². The normalized spacial score (nSPS) is 10.4. The third-order valence-corrected chi connectivity index (χ3v) is 3.00. The molecule has 1 aromatic heterocycles. The first kappa shape index (κ1) is 14.9. The Kier molecular flexibility index (Phi) is 4.84. The zero-order valence-corrected chi connectivity index (χ0v) is 11.4. The molecule has 2 rings (SSSR count). The maximum absolute atomic E-state index is 13.0. The summed E-state index contributed by atoms with van der Waals surface area (Å²) in [5, 5.41) is 0. The fourth-order valence-electron chi connectivity index (χ4n) is 1.92. The number of halogens is 1. The van der Waals surface area contributed by atoms with Crippen LogP contribution in [0.5, 0.6) is 0 Å². The van der Waals surface area contributed by atoms with Gasteiger partial charge in [-0.15, -0.1) is 0 Å². The number of nitrogens with zero attached hydrogens (tertiary/aromatic N) is 1. The van der Waals surface area contributed by atoms with Gasteiger partial charge in [0.1, 0.15) is 5.82 Å². The Morgan fingerprint density at radius 2 is 1.90 bits per heavy atom. The minimum atomic E-state index is -0.367. The minimum absolute atomic E-state index is 0.272. The number of carbonyl (C=O) groups excluding carboxylic acids is 1. The summed E-state index contributed by atoms with van der Waals surface area (Å²) >= 11 is 0. The molecule has 0 saturated carbocycles. The van der Waals surface area contributed by atoms with Gasteiger partial charge in [-0.05, 0) is 43.3 Å². The first-order valence-electron chi connectivity index (χ1n) is 6.58. The minimum Gasteiger partial charge on any atom is -0.330 e. The quantitative estimate of drug-likeness (QED) is 0.875. The lowest BCUT2D eigenvalue weighted by atomic mass is 10.2. The third kappa shape index (κ3) is 3.76. The summed E-state index contributed by atoms with van der Waals surface area (Å²) in [6, 6.07) is 8.42. The van der Waals surface area contributed by atoms with Crippen molar-refractivity contribution in [2.24, 2.45) is 5.73 Å². The second-order valence-corrected chi connectivity index (χ2v) is 4.52. The number of nitrogens with two attached hydrogens (primary N) is 1. The number of nitrogens with one attached hydrogen (secondary N) is 1. The largest absolute Gasteiger partial charge is 0.330 e. The van der Waals surface area contributed by atoms with Gasteiger partial charge in [-0.3, -0.25) is 9.59 Å². The van der Waals surface area contributed by atoms with E-state index in [1.807, 2.05) is 0 Å². The number of carbonyl (C=O) groups is 1. The SMILES string of the molecule is NCCCN(C(=O)c1ccc(=O)[nH]c1)c1ccc(F)cc1. The summed E-state index contributed by atoms with van der Waals surface area (Å²) in [5.74, 6) is -0.639. The van der Waals surface area contributed by atoms with Crippen LogP contribution in [-0.4, -0.2) is 24.0 Å². The number of aromatic nitrogens is 1. The van der Waals surface area contributed by atoms with Gasteiger partial charge in [0.05, 0.1) is 5.56 Å². The Morgan fingerprint density at radius 1 is 1.19 bits per heavy atom. The number of pyridine rings is 1. The molecule has 0 fully saturated rings. The van der Waals surface area contributed by atoms with Gasteiger partial charge in [-0.2, -0.15) is 0 Å². The maximum Gasteiger partial charge on any atom is 0.259 e. The number of aromatic amines is 1. The van der Waals surface area contributed by atoms with Crippen molar-refractivity contribution in [3.63, 3.8) is 0 Å². The van der Waals surface area contributed by atoms with Crippen LogP contribution in [0.1, 0.15) is 16.8 Å². The van der Waals surface area contributed by atoms with Gasteiger partial charge in [0.2, 0.25) is 5.56 Å². The average molecular weight is 289 g/mol. The van der Waals surface area contributed by atoms with Crippen LogP contribution >= 0.6 is 0 Å². The van der Waals surface area contributed by atoms with Crippen molar-refractivity contribution in [1.82, 2.24) is 4.98 Å². The summed E-state index contributed by atoms with van der Waals surface area (Å²) in [6.45, 7) is 0.858. The van der Waals surface area contributed by atoms with Gasteiger partial charge in [-0.25, -0.2) is 4.39 Å².